The Balaban J connectivity index is 2.14. The van der Waals surface area contributed by atoms with Crippen LogP contribution < -0.4 is 21.2 Å². The van der Waals surface area contributed by atoms with E-state index < -0.39 is 0 Å². The highest BCUT2D eigenvalue weighted by molar-refractivity contribution is 7.10. The number of thiophene rings is 2. The van der Waals surface area contributed by atoms with Crippen LogP contribution in [0.15, 0.2) is 24.3 Å². The lowest BCUT2D eigenvalue weighted by atomic mass is 9.95. The van der Waals surface area contributed by atoms with Crippen molar-refractivity contribution < 1.29 is 21.2 Å². The van der Waals surface area contributed by atoms with Crippen LogP contribution in [0.1, 0.15) is 51.3 Å². The van der Waals surface area contributed by atoms with Crippen LogP contribution in [0.4, 0.5) is 0 Å². The molecule has 0 aliphatic carbocycles. The van der Waals surface area contributed by atoms with Gasteiger partial charge in [0.05, 0.1) is 0 Å². The molecule has 0 saturated carbocycles. The maximum absolute atomic E-state index is 2.34. The molecule has 2 aromatic rings. The van der Waals surface area contributed by atoms with E-state index in [2.05, 4.69) is 65.8 Å². The highest BCUT2D eigenvalue weighted by Crippen LogP contribution is 2.27. The average Bonchev–Trinajstić information content (AvgIpc) is 2.84. The van der Waals surface area contributed by atoms with Crippen LogP contribution >= 0.6 is 22.7 Å². The minimum Gasteiger partial charge on any atom is -0.0921 e. The first-order valence-corrected chi connectivity index (χ1v) is 10.3. The van der Waals surface area contributed by atoms with Crippen molar-refractivity contribution in [2.75, 3.05) is 0 Å². The van der Waals surface area contributed by atoms with Gasteiger partial charge in [-0.3, -0.25) is 0 Å². The smallest absolute Gasteiger partial charge is 0.0921 e. The van der Waals surface area contributed by atoms with Crippen molar-refractivity contribution in [2.45, 2.75) is 52.4 Å². The predicted molar refractivity (Wildman–Crippen MR) is 83.4 cm³/mol. The molecular formula is C16H22IS2+. The van der Waals surface area contributed by atoms with E-state index in [1.807, 2.05) is 22.7 Å². The maximum Gasteiger partial charge on any atom is 0.381 e. The molecule has 0 aliphatic rings. The summed E-state index contributed by atoms with van der Waals surface area (Å²) in [6.07, 6.45) is 0. The van der Waals surface area contributed by atoms with Gasteiger partial charge in [0.1, 0.15) is 0 Å². The third kappa shape index (κ3) is 4.05. The highest BCUT2D eigenvalue weighted by atomic mass is 127. The topological polar surface area (TPSA) is 0 Å². The molecule has 2 rings (SSSR count). The Morgan fingerprint density at radius 1 is 0.684 bits per heavy atom. The van der Waals surface area contributed by atoms with Crippen LogP contribution in [0.5, 0.6) is 0 Å². The first kappa shape index (κ1) is 15.5. The zero-order valence-electron chi connectivity index (χ0n) is 12.5. The lowest BCUT2D eigenvalue weighted by Gasteiger charge is -2.14. The van der Waals surface area contributed by atoms with E-state index in [1.54, 1.807) is 5.77 Å². The van der Waals surface area contributed by atoms with E-state index in [-0.39, 0.29) is 21.2 Å². The fraction of sp³-hybridized carbons (Fsp3) is 0.500. The zero-order chi connectivity index (χ0) is 14.3. The largest absolute Gasteiger partial charge is 0.381 e. The van der Waals surface area contributed by atoms with E-state index in [1.165, 1.54) is 9.75 Å². The monoisotopic (exact) mass is 405 g/mol. The standard InChI is InChI=1S/C16H22IS2/c1-15(2,3)11-7-9-13(18-11)17-14-10-8-12(19-14)16(4,5)6/h7-10H,1-6H3/q+1. The van der Waals surface area contributed by atoms with E-state index in [9.17, 15) is 0 Å². The Hall–Kier alpha value is 0.130. The molecule has 0 atom stereocenters. The van der Waals surface area contributed by atoms with Crippen LogP contribution in [-0.2, 0) is 10.8 Å². The quantitative estimate of drug-likeness (QED) is 0.674. The molecular weight excluding hydrogens is 383 g/mol. The highest BCUT2D eigenvalue weighted by Gasteiger charge is 2.26. The maximum atomic E-state index is 2.34. The Kier molecular flexibility index (Phi) is 4.48. The number of rotatable bonds is 2. The van der Waals surface area contributed by atoms with Crippen molar-refractivity contribution in [2.24, 2.45) is 0 Å². The van der Waals surface area contributed by atoms with Gasteiger partial charge in [0.25, 0.3) is 0 Å². The molecule has 2 aromatic heterocycles. The van der Waals surface area contributed by atoms with Gasteiger partial charge in [0.15, 0.2) is 0 Å². The second kappa shape index (κ2) is 5.49. The minimum absolute atomic E-state index is 0.0107. The molecule has 0 N–H and O–H groups in total. The summed E-state index contributed by atoms with van der Waals surface area (Å²) in [5, 5.41) is 0. The summed E-state index contributed by atoms with van der Waals surface area (Å²) in [5.74, 6) is 0. The van der Waals surface area contributed by atoms with Gasteiger partial charge in [0.2, 0.25) is 5.77 Å². The molecule has 0 aliphatic heterocycles. The molecule has 0 amide bonds. The lowest BCUT2D eigenvalue weighted by molar-refractivity contribution is -0.585. The van der Waals surface area contributed by atoms with Crippen LogP contribution in [0.25, 0.3) is 0 Å². The van der Waals surface area contributed by atoms with Crippen LogP contribution in [-0.4, -0.2) is 0 Å². The number of hydrogen-bond acceptors (Lipinski definition) is 2. The molecule has 19 heavy (non-hydrogen) atoms. The van der Waals surface area contributed by atoms with Crippen molar-refractivity contribution >= 4 is 22.7 Å². The Morgan fingerprint density at radius 3 is 1.32 bits per heavy atom. The Labute approximate surface area is 135 Å². The van der Waals surface area contributed by atoms with Gasteiger partial charge in [-0.05, 0) is 23.0 Å². The fourth-order valence-electron chi connectivity index (χ4n) is 1.63. The molecule has 0 bridgehead atoms. The summed E-state index contributed by atoms with van der Waals surface area (Å²) in [6.45, 7) is 13.8. The van der Waals surface area contributed by atoms with E-state index in [0.717, 1.165) is 0 Å². The summed E-state index contributed by atoms with van der Waals surface area (Å²) in [6, 6.07) is 9.32. The molecule has 0 fully saturated rings. The van der Waals surface area contributed by atoms with Gasteiger partial charge >= 0.3 is 21.2 Å². The van der Waals surface area contributed by atoms with Crippen molar-refractivity contribution in [1.29, 1.82) is 0 Å². The van der Waals surface area contributed by atoms with Crippen molar-refractivity contribution in [1.82, 2.24) is 0 Å². The second-order valence-corrected chi connectivity index (χ2v) is 13.3. The minimum atomic E-state index is 0.0107. The first-order chi connectivity index (χ1) is 8.66. The molecule has 0 unspecified atom stereocenters. The molecule has 2 heterocycles. The Morgan fingerprint density at radius 2 is 1.05 bits per heavy atom. The van der Waals surface area contributed by atoms with Crippen molar-refractivity contribution in [3.63, 3.8) is 0 Å². The number of halogens is 1. The first-order valence-electron chi connectivity index (χ1n) is 6.52. The SMILES string of the molecule is CC(C)(C)c1ccc([I+]c2ccc(C(C)(C)C)s2)s1. The van der Waals surface area contributed by atoms with Gasteiger partial charge in [-0.25, -0.2) is 0 Å². The van der Waals surface area contributed by atoms with E-state index in [0.29, 0.717) is 10.8 Å². The summed E-state index contributed by atoms with van der Waals surface area (Å²) >= 11 is 4.02. The van der Waals surface area contributed by atoms with Gasteiger partial charge in [0, 0.05) is 21.9 Å². The van der Waals surface area contributed by atoms with Gasteiger partial charge in [-0.1, -0.05) is 64.2 Å². The lowest BCUT2D eigenvalue weighted by Crippen LogP contribution is -3.61. The summed E-state index contributed by atoms with van der Waals surface area (Å²) in [4.78, 5) is 3.02. The molecule has 0 aromatic carbocycles. The van der Waals surface area contributed by atoms with Gasteiger partial charge in [-0.2, -0.15) is 0 Å². The predicted octanol–water partition coefficient (Wildman–Crippen LogP) is 2.53. The fourth-order valence-corrected chi connectivity index (χ4v) is 8.05. The second-order valence-electron chi connectivity index (χ2n) is 6.80. The molecule has 0 radical (unpaired) electrons. The number of hydrogen-bond donors (Lipinski definition) is 0. The van der Waals surface area contributed by atoms with E-state index >= 15 is 0 Å². The summed E-state index contributed by atoms with van der Waals surface area (Å²) in [5.41, 5.74) is 0.581. The summed E-state index contributed by atoms with van der Waals surface area (Å²) < 4.78 is 3.18. The van der Waals surface area contributed by atoms with Crippen molar-refractivity contribution in [3.8, 4) is 0 Å². The summed E-state index contributed by atoms with van der Waals surface area (Å²) in [7, 11) is 0. The third-order valence-electron chi connectivity index (χ3n) is 2.81. The van der Waals surface area contributed by atoms with Crippen LogP contribution in [0.2, 0.25) is 0 Å². The third-order valence-corrected chi connectivity index (χ3v) is 9.55. The van der Waals surface area contributed by atoms with Crippen LogP contribution in [0.3, 0.4) is 0 Å². The Bertz CT molecular complexity index is 500. The molecule has 0 saturated heterocycles. The average molecular weight is 405 g/mol. The zero-order valence-corrected chi connectivity index (χ0v) is 16.3. The normalized spacial score (nSPS) is 12.9. The molecule has 104 valence electrons. The van der Waals surface area contributed by atoms with Crippen molar-refractivity contribution in [3.05, 3.63) is 39.8 Å². The molecule has 3 heteroatoms. The molecule has 0 nitrogen and oxygen atoms in total. The molecule has 0 spiro atoms. The van der Waals surface area contributed by atoms with Crippen LogP contribution in [0, 0.1) is 5.77 Å². The van der Waals surface area contributed by atoms with Gasteiger partial charge in [-0.15, -0.1) is 0 Å². The van der Waals surface area contributed by atoms with Gasteiger partial charge < -0.3 is 0 Å². The van der Waals surface area contributed by atoms with E-state index in [4.69, 9.17) is 0 Å².